The highest BCUT2D eigenvalue weighted by molar-refractivity contribution is 7.99. The third-order valence-electron chi connectivity index (χ3n) is 3.69. The molecule has 0 N–H and O–H groups in total. The third-order valence-corrected chi connectivity index (χ3v) is 5.01. The van der Waals surface area contributed by atoms with E-state index in [0.29, 0.717) is 15.5 Å². The van der Waals surface area contributed by atoms with Gasteiger partial charge in [0.1, 0.15) is 0 Å². The van der Waals surface area contributed by atoms with Gasteiger partial charge in [-0.2, -0.15) is 0 Å². The van der Waals surface area contributed by atoms with Gasteiger partial charge >= 0.3 is 5.69 Å². The lowest BCUT2D eigenvalue weighted by Crippen LogP contribution is -1.92. The zero-order valence-electron chi connectivity index (χ0n) is 14.4. The van der Waals surface area contributed by atoms with Crippen molar-refractivity contribution in [3.63, 3.8) is 0 Å². The summed E-state index contributed by atoms with van der Waals surface area (Å²) in [4.78, 5) is 22.8. The van der Waals surface area contributed by atoms with Gasteiger partial charge in [0, 0.05) is 16.0 Å². The fraction of sp³-hybridized carbons (Fsp3) is 0.0556. The molecule has 0 bridgehead atoms. The Labute approximate surface area is 168 Å². The normalized spacial score (nSPS) is 11.1. The third kappa shape index (κ3) is 4.38. The van der Waals surface area contributed by atoms with Crippen molar-refractivity contribution in [1.82, 2.24) is 5.16 Å². The summed E-state index contributed by atoms with van der Waals surface area (Å²) >= 11 is 7.10. The van der Waals surface area contributed by atoms with Gasteiger partial charge in [-0.15, -0.1) is 0 Å². The molecule has 3 aromatic rings. The van der Waals surface area contributed by atoms with E-state index in [1.165, 1.54) is 36.9 Å². The average Bonchev–Trinajstić information content (AvgIpc) is 3.03. The molecule has 10 heteroatoms. The lowest BCUT2D eigenvalue weighted by atomic mass is 10.1. The Hall–Kier alpha value is -3.17. The van der Waals surface area contributed by atoms with Crippen LogP contribution in [-0.2, 0) is 0 Å². The van der Waals surface area contributed by atoms with Crippen molar-refractivity contribution >= 4 is 46.9 Å². The number of halogens is 1. The molecule has 142 valence electrons. The van der Waals surface area contributed by atoms with Gasteiger partial charge in [0.15, 0.2) is 5.69 Å². The average molecular weight is 418 g/mol. The minimum absolute atomic E-state index is 0.0234. The molecule has 0 spiro atoms. The lowest BCUT2D eigenvalue weighted by molar-refractivity contribution is -0.387. The van der Waals surface area contributed by atoms with Crippen LogP contribution in [0.5, 0.6) is 0 Å². The molecule has 28 heavy (non-hydrogen) atoms. The number of hydrogen-bond acceptors (Lipinski definition) is 7. The number of nitro benzene ring substituents is 1. The number of nitro groups is 2. The van der Waals surface area contributed by atoms with Gasteiger partial charge in [-0.25, -0.2) is 0 Å². The van der Waals surface area contributed by atoms with Crippen LogP contribution in [0.15, 0.2) is 56.8 Å². The first kappa shape index (κ1) is 19.6. The summed E-state index contributed by atoms with van der Waals surface area (Å²) in [7, 11) is 0. The van der Waals surface area contributed by atoms with Gasteiger partial charge in [-0.3, -0.25) is 20.2 Å². The van der Waals surface area contributed by atoms with E-state index in [2.05, 4.69) is 5.16 Å². The largest absolute Gasteiger partial charge is 0.349 e. The number of aromatic nitrogens is 1. The molecule has 0 saturated carbocycles. The van der Waals surface area contributed by atoms with Crippen molar-refractivity contribution in [2.24, 2.45) is 0 Å². The SMILES string of the molecule is Cc1noc(/C=C/c2ccc(Sc3ccc(Cl)cc3)c([N+](=O)[O-])c2)c1[N+](=O)[O-]. The maximum Gasteiger partial charge on any atom is 0.338 e. The van der Waals surface area contributed by atoms with Gasteiger partial charge in [0.05, 0.1) is 14.7 Å². The zero-order valence-corrected chi connectivity index (χ0v) is 15.9. The molecule has 2 aromatic carbocycles. The summed E-state index contributed by atoms with van der Waals surface area (Å²) in [5.74, 6) is -0.0234. The molecular formula is C18H12ClN3O5S. The Balaban J connectivity index is 1.90. The van der Waals surface area contributed by atoms with Crippen molar-refractivity contribution in [2.45, 2.75) is 16.7 Å². The minimum Gasteiger partial charge on any atom is -0.349 e. The smallest absolute Gasteiger partial charge is 0.338 e. The number of hydrogen-bond donors (Lipinski definition) is 0. The summed E-state index contributed by atoms with van der Waals surface area (Å²) in [5, 5.41) is 26.7. The zero-order chi connectivity index (χ0) is 20.3. The maximum absolute atomic E-state index is 11.5. The van der Waals surface area contributed by atoms with E-state index in [-0.39, 0.29) is 22.8 Å². The molecule has 0 saturated heterocycles. The van der Waals surface area contributed by atoms with E-state index in [9.17, 15) is 20.2 Å². The van der Waals surface area contributed by atoms with Crippen LogP contribution in [0.25, 0.3) is 12.2 Å². The molecule has 0 aliphatic rings. The fourth-order valence-corrected chi connectivity index (χ4v) is 3.41. The van der Waals surface area contributed by atoms with E-state index in [1.54, 1.807) is 36.4 Å². The minimum atomic E-state index is -0.584. The second kappa shape index (κ2) is 8.24. The molecule has 0 unspecified atom stereocenters. The van der Waals surface area contributed by atoms with Crippen LogP contribution in [0.3, 0.4) is 0 Å². The van der Waals surface area contributed by atoms with E-state index < -0.39 is 9.85 Å². The van der Waals surface area contributed by atoms with E-state index >= 15 is 0 Å². The van der Waals surface area contributed by atoms with Crippen LogP contribution >= 0.6 is 23.4 Å². The van der Waals surface area contributed by atoms with Gasteiger partial charge in [-0.05, 0) is 48.9 Å². The maximum atomic E-state index is 11.5. The molecule has 0 aliphatic carbocycles. The van der Waals surface area contributed by atoms with Crippen molar-refractivity contribution in [3.8, 4) is 0 Å². The molecular weight excluding hydrogens is 406 g/mol. The van der Waals surface area contributed by atoms with Gasteiger partial charge < -0.3 is 4.52 Å². The van der Waals surface area contributed by atoms with Crippen molar-refractivity contribution in [2.75, 3.05) is 0 Å². The molecule has 0 aliphatic heterocycles. The molecule has 1 aromatic heterocycles. The van der Waals surface area contributed by atoms with Crippen LogP contribution in [0, 0.1) is 27.2 Å². The summed E-state index contributed by atoms with van der Waals surface area (Å²) in [6.45, 7) is 1.46. The predicted octanol–water partition coefficient (Wildman–Crippen LogP) is 5.77. The fourth-order valence-electron chi connectivity index (χ4n) is 2.38. The highest BCUT2D eigenvalue weighted by atomic mass is 35.5. The lowest BCUT2D eigenvalue weighted by Gasteiger charge is -2.04. The molecule has 3 rings (SSSR count). The van der Waals surface area contributed by atoms with Crippen LogP contribution in [0.4, 0.5) is 11.4 Å². The van der Waals surface area contributed by atoms with Crippen LogP contribution in [0.2, 0.25) is 5.02 Å². The highest BCUT2D eigenvalue weighted by Gasteiger charge is 2.22. The summed E-state index contributed by atoms with van der Waals surface area (Å²) in [5.41, 5.74) is 0.340. The van der Waals surface area contributed by atoms with Gasteiger partial charge in [0.25, 0.3) is 5.69 Å². The Morgan fingerprint density at radius 2 is 1.79 bits per heavy atom. The molecule has 1 heterocycles. The Kier molecular flexibility index (Phi) is 5.76. The van der Waals surface area contributed by atoms with E-state index in [4.69, 9.17) is 16.1 Å². The molecule has 0 amide bonds. The van der Waals surface area contributed by atoms with Gasteiger partial charge in [-0.1, -0.05) is 40.7 Å². The second-order valence-corrected chi connectivity index (χ2v) is 7.16. The quantitative estimate of drug-likeness (QED) is 0.369. The number of nitrogens with zero attached hydrogens (tertiary/aromatic N) is 3. The predicted molar refractivity (Wildman–Crippen MR) is 105 cm³/mol. The first-order valence-electron chi connectivity index (χ1n) is 7.86. The first-order valence-corrected chi connectivity index (χ1v) is 9.05. The molecule has 0 atom stereocenters. The van der Waals surface area contributed by atoms with Crippen molar-refractivity contribution in [1.29, 1.82) is 0 Å². The monoisotopic (exact) mass is 417 g/mol. The van der Waals surface area contributed by atoms with Gasteiger partial charge in [0.2, 0.25) is 5.76 Å². The van der Waals surface area contributed by atoms with Crippen LogP contribution in [0.1, 0.15) is 17.0 Å². The Morgan fingerprint density at radius 1 is 1.07 bits per heavy atom. The van der Waals surface area contributed by atoms with Crippen LogP contribution in [-0.4, -0.2) is 15.0 Å². The summed E-state index contributed by atoms with van der Waals surface area (Å²) in [6.07, 6.45) is 2.86. The molecule has 8 nitrogen and oxygen atoms in total. The Bertz CT molecular complexity index is 1080. The number of benzene rings is 2. The molecule has 0 fully saturated rings. The van der Waals surface area contributed by atoms with E-state index in [0.717, 1.165) is 4.90 Å². The van der Waals surface area contributed by atoms with Crippen molar-refractivity contribution in [3.05, 3.63) is 84.7 Å². The number of aryl methyl sites for hydroxylation is 1. The molecule has 0 radical (unpaired) electrons. The van der Waals surface area contributed by atoms with Crippen LogP contribution < -0.4 is 0 Å². The first-order chi connectivity index (χ1) is 13.3. The summed E-state index contributed by atoms with van der Waals surface area (Å²) < 4.78 is 4.94. The van der Waals surface area contributed by atoms with E-state index in [1.807, 2.05) is 0 Å². The van der Waals surface area contributed by atoms with Crippen molar-refractivity contribution < 1.29 is 14.4 Å². The second-order valence-electron chi connectivity index (χ2n) is 5.61. The summed E-state index contributed by atoms with van der Waals surface area (Å²) in [6, 6.07) is 11.7. The Morgan fingerprint density at radius 3 is 2.43 bits per heavy atom. The topological polar surface area (TPSA) is 112 Å². The number of rotatable bonds is 6. The standard InChI is InChI=1S/C18H12ClN3O5S/c1-11-18(22(25)26)16(27-20-11)8-2-12-3-9-17(15(10-12)21(23)24)28-14-6-4-13(19)5-7-14/h2-10H,1H3/b8-2+. The highest BCUT2D eigenvalue weighted by Crippen LogP contribution is 2.36.